The molecule has 2 nitrogen and oxygen atoms in total. The van der Waals surface area contributed by atoms with Crippen LogP contribution in [0.2, 0.25) is 0 Å². The molecule has 0 N–H and O–H groups in total. The molecule has 1 aliphatic rings. The van der Waals surface area contributed by atoms with E-state index in [1.54, 1.807) is 7.11 Å². The van der Waals surface area contributed by atoms with Gasteiger partial charge in [0.15, 0.2) is 0 Å². The molecule has 0 aliphatic heterocycles. The third kappa shape index (κ3) is 5.47. The Kier molecular flexibility index (Phi) is 6.22. The van der Waals surface area contributed by atoms with E-state index in [0.29, 0.717) is 11.2 Å². The summed E-state index contributed by atoms with van der Waals surface area (Å²) in [6.45, 7) is 19.2. The first-order valence-corrected chi connectivity index (χ1v) is 8.24. The zero-order valence-corrected chi connectivity index (χ0v) is 15.3. The number of aliphatic imine (C=N–C) groups is 1. The molecule has 0 bridgehead atoms. The summed E-state index contributed by atoms with van der Waals surface area (Å²) in [5.74, 6) is 1.44. The van der Waals surface area contributed by atoms with E-state index in [4.69, 9.17) is 9.73 Å². The van der Waals surface area contributed by atoms with Crippen molar-refractivity contribution in [3.8, 4) is 0 Å². The quantitative estimate of drug-likeness (QED) is 0.362. The molecular formula is C20H33NO. The Morgan fingerprint density at radius 3 is 2.18 bits per heavy atom. The first-order chi connectivity index (χ1) is 10.1. The van der Waals surface area contributed by atoms with E-state index in [-0.39, 0.29) is 5.54 Å². The standard InChI is InChI=1S/C20H33NO/c1-15(9-10-16(2)22-8)17(3)21-20(7)13-11-18(12-14-20)19(4,5)6/h9-10,18H,1-2,11-14H2,3-8H3. The third-order valence-electron chi connectivity index (χ3n) is 4.92. The summed E-state index contributed by atoms with van der Waals surface area (Å²) in [7, 11) is 1.62. The maximum absolute atomic E-state index is 5.03. The summed E-state index contributed by atoms with van der Waals surface area (Å²) in [5, 5.41) is 0. The Balaban J connectivity index is 2.70. The number of nitrogens with zero attached hydrogens (tertiary/aromatic N) is 1. The summed E-state index contributed by atoms with van der Waals surface area (Å²) < 4.78 is 5.03. The minimum atomic E-state index is 0.0564. The van der Waals surface area contributed by atoms with Crippen LogP contribution in [0.25, 0.3) is 0 Å². The Hall–Kier alpha value is -1.31. The first kappa shape index (κ1) is 18.7. The van der Waals surface area contributed by atoms with Crippen LogP contribution in [0.5, 0.6) is 0 Å². The predicted octanol–water partition coefficient (Wildman–Crippen LogP) is 5.71. The van der Waals surface area contributed by atoms with Gasteiger partial charge in [-0.3, -0.25) is 4.99 Å². The molecule has 0 spiro atoms. The van der Waals surface area contributed by atoms with Gasteiger partial charge < -0.3 is 4.74 Å². The van der Waals surface area contributed by atoms with Gasteiger partial charge in [-0.25, -0.2) is 0 Å². The molecular weight excluding hydrogens is 270 g/mol. The first-order valence-electron chi connectivity index (χ1n) is 8.24. The normalized spacial score (nSPS) is 27.0. The van der Waals surface area contributed by atoms with Crippen molar-refractivity contribution in [1.29, 1.82) is 0 Å². The summed E-state index contributed by atoms with van der Waals surface area (Å²) in [4.78, 5) is 4.98. The van der Waals surface area contributed by atoms with Crippen molar-refractivity contribution >= 4 is 5.71 Å². The second-order valence-corrected chi connectivity index (χ2v) is 7.86. The van der Waals surface area contributed by atoms with Gasteiger partial charge in [-0.15, -0.1) is 0 Å². The second-order valence-electron chi connectivity index (χ2n) is 7.86. The fraction of sp³-hybridized carbons (Fsp3) is 0.650. The molecule has 0 unspecified atom stereocenters. The molecule has 1 saturated carbocycles. The van der Waals surface area contributed by atoms with Gasteiger partial charge in [0.1, 0.15) is 5.76 Å². The van der Waals surface area contributed by atoms with Crippen LogP contribution in [-0.4, -0.2) is 18.4 Å². The maximum Gasteiger partial charge on any atom is 0.111 e. The van der Waals surface area contributed by atoms with Crippen molar-refractivity contribution in [3.05, 3.63) is 36.6 Å². The summed E-state index contributed by atoms with van der Waals surface area (Å²) in [6, 6.07) is 0. The van der Waals surface area contributed by atoms with Gasteiger partial charge in [0.25, 0.3) is 0 Å². The van der Waals surface area contributed by atoms with Crippen molar-refractivity contribution in [1.82, 2.24) is 0 Å². The van der Waals surface area contributed by atoms with Crippen LogP contribution in [0.4, 0.5) is 0 Å². The van der Waals surface area contributed by atoms with Crippen molar-refractivity contribution in [3.63, 3.8) is 0 Å². The molecule has 1 aliphatic carbocycles. The summed E-state index contributed by atoms with van der Waals surface area (Å²) in [6.07, 6.45) is 8.61. The molecule has 0 heterocycles. The maximum atomic E-state index is 5.03. The smallest absolute Gasteiger partial charge is 0.111 e. The largest absolute Gasteiger partial charge is 0.497 e. The fourth-order valence-electron chi connectivity index (χ4n) is 3.08. The minimum absolute atomic E-state index is 0.0564. The van der Waals surface area contributed by atoms with Crippen molar-refractivity contribution in [2.24, 2.45) is 16.3 Å². The molecule has 1 fully saturated rings. The third-order valence-corrected chi connectivity index (χ3v) is 4.92. The number of allylic oxidation sites excluding steroid dienone is 3. The number of hydrogen-bond donors (Lipinski definition) is 0. The van der Waals surface area contributed by atoms with Crippen LogP contribution >= 0.6 is 0 Å². The van der Waals surface area contributed by atoms with E-state index in [1.807, 2.05) is 19.1 Å². The number of rotatable bonds is 5. The van der Waals surface area contributed by atoms with E-state index >= 15 is 0 Å². The van der Waals surface area contributed by atoms with E-state index < -0.39 is 0 Å². The Morgan fingerprint density at radius 1 is 1.18 bits per heavy atom. The van der Waals surface area contributed by atoms with Gasteiger partial charge in [0, 0.05) is 5.71 Å². The monoisotopic (exact) mass is 303 g/mol. The van der Waals surface area contributed by atoms with Gasteiger partial charge in [-0.1, -0.05) is 40.0 Å². The predicted molar refractivity (Wildman–Crippen MR) is 97.4 cm³/mol. The molecule has 0 atom stereocenters. The average Bonchev–Trinajstić information content (AvgIpc) is 2.43. The topological polar surface area (TPSA) is 21.6 Å². The van der Waals surface area contributed by atoms with Crippen LogP contribution in [0.1, 0.15) is 60.3 Å². The zero-order valence-electron chi connectivity index (χ0n) is 15.3. The van der Waals surface area contributed by atoms with Crippen LogP contribution in [0, 0.1) is 11.3 Å². The van der Waals surface area contributed by atoms with Gasteiger partial charge >= 0.3 is 0 Å². The molecule has 0 aromatic heterocycles. The minimum Gasteiger partial charge on any atom is -0.497 e. The summed E-state index contributed by atoms with van der Waals surface area (Å²) in [5.41, 5.74) is 2.41. The molecule has 0 radical (unpaired) electrons. The molecule has 124 valence electrons. The highest BCUT2D eigenvalue weighted by Crippen LogP contribution is 2.42. The Bertz CT molecular complexity index is 468. The van der Waals surface area contributed by atoms with E-state index in [1.165, 1.54) is 12.8 Å². The van der Waals surface area contributed by atoms with Gasteiger partial charge in [0.05, 0.1) is 12.6 Å². The van der Waals surface area contributed by atoms with Crippen molar-refractivity contribution in [2.75, 3.05) is 7.11 Å². The lowest BCUT2D eigenvalue weighted by atomic mass is 9.68. The SMILES string of the molecule is C=C(C=CC(=C)C(C)=NC1(C)CCC(C(C)(C)C)CC1)OC. The molecule has 1 rings (SSSR count). The van der Waals surface area contributed by atoms with Gasteiger partial charge in [-0.05, 0) is 62.5 Å². The fourth-order valence-corrected chi connectivity index (χ4v) is 3.08. The molecule has 0 aromatic carbocycles. The number of hydrogen-bond acceptors (Lipinski definition) is 2. The van der Waals surface area contributed by atoms with Gasteiger partial charge in [0.2, 0.25) is 0 Å². The number of methoxy groups -OCH3 is 1. The highest BCUT2D eigenvalue weighted by atomic mass is 16.5. The molecule has 0 saturated heterocycles. The van der Waals surface area contributed by atoms with Crippen LogP contribution < -0.4 is 0 Å². The lowest BCUT2D eigenvalue weighted by Gasteiger charge is -2.40. The lowest BCUT2D eigenvalue weighted by Crippen LogP contribution is -2.34. The molecule has 0 aromatic rings. The van der Waals surface area contributed by atoms with Crippen LogP contribution in [0.3, 0.4) is 0 Å². The summed E-state index contributed by atoms with van der Waals surface area (Å²) >= 11 is 0. The second kappa shape index (κ2) is 7.30. The van der Waals surface area contributed by atoms with Crippen molar-refractivity contribution < 1.29 is 4.74 Å². The van der Waals surface area contributed by atoms with E-state index in [2.05, 4.69) is 40.9 Å². The highest BCUT2D eigenvalue weighted by Gasteiger charge is 2.35. The van der Waals surface area contributed by atoms with Crippen LogP contribution in [-0.2, 0) is 4.74 Å². The van der Waals surface area contributed by atoms with Gasteiger partial charge in [-0.2, -0.15) is 0 Å². The van der Waals surface area contributed by atoms with Crippen LogP contribution in [0.15, 0.2) is 41.6 Å². The zero-order chi connectivity index (χ0) is 17.0. The molecule has 0 amide bonds. The molecule has 22 heavy (non-hydrogen) atoms. The lowest BCUT2D eigenvalue weighted by molar-refractivity contribution is 0.142. The van der Waals surface area contributed by atoms with Crippen molar-refractivity contribution in [2.45, 2.75) is 65.8 Å². The average molecular weight is 303 g/mol. The Labute approximate surface area is 137 Å². The highest BCUT2D eigenvalue weighted by molar-refractivity contribution is 6.00. The number of ether oxygens (including phenoxy) is 1. The van der Waals surface area contributed by atoms with E-state index in [9.17, 15) is 0 Å². The Morgan fingerprint density at radius 2 is 1.73 bits per heavy atom. The van der Waals surface area contributed by atoms with E-state index in [0.717, 1.165) is 30.0 Å². The molecule has 2 heteroatoms.